The van der Waals surface area contributed by atoms with E-state index in [1.807, 2.05) is 42.5 Å². The maximum absolute atomic E-state index is 12.4. The molecule has 2 nitrogen and oxygen atoms in total. The van der Waals surface area contributed by atoms with Crippen molar-refractivity contribution in [2.75, 3.05) is 0 Å². The topological polar surface area (TPSA) is 43.1 Å². The molecule has 0 spiro atoms. The van der Waals surface area contributed by atoms with Crippen LogP contribution >= 0.6 is 0 Å². The Morgan fingerprint density at radius 3 is 2.50 bits per heavy atom. The molecule has 2 aromatic rings. The van der Waals surface area contributed by atoms with E-state index in [-0.39, 0.29) is 5.78 Å². The first-order valence-electron chi connectivity index (χ1n) is 6.37. The number of benzene rings is 2. The molecule has 0 aliphatic rings. The summed E-state index contributed by atoms with van der Waals surface area (Å²) in [5.41, 5.74) is 6.73. The van der Waals surface area contributed by atoms with Crippen LogP contribution in [0.5, 0.6) is 0 Å². The molecule has 0 unspecified atom stereocenters. The summed E-state index contributed by atoms with van der Waals surface area (Å²) in [5, 5.41) is 2.07. The van der Waals surface area contributed by atoms with E-state index in [2.05, 4.69) is 13.8 Å². The molecular weight excluding hydrogens is 222 g/mol. The Labute approximate surface area is 108 Å². The SMILES string of the molecule is CC(C)C[C@H](N)C(=O)c1cccc2ccccc12. The molecule has 94 valence electrons. The zero-order valence-corrected chi connectivity index (χ0v) is 10.9. The van der Waals surface area contributed by atoms with Crippen LogP contribution in [-0.2, 0) is 0 Å². The van der Waals surface area contributed by atoms with Gasteiger partial charge in [0.1, 0.15) is 0 Å². The Bertz CT molecular complexity index is 555. The number of fused-ring (bicyclic) bond motifs is 1. The number of Topliss-reactive ketones (excluding diaryl/α,β-unsaturated/α-hetero) is 1. The molecule has 0 saturated heterocycles. The fourth-order valence-corrected chi connectivity index (χ4v) is 2.25. The van der Waals surface area contributed by atoms with Gasteiger partial charge in [-0.3, -0.25) is 4.79 Å². The molecular formula is C16H19NO. The highest BCUT2D eigenvalue weighted by Crippen LogP contribution is 2.20. The average Bonchev–Trinajstić information content (AvgIpc) is 2.36. The quantitative estimate of drug-likeness (QED) is 0.834. The minimum atomic E-state index is -0.407. The van der Waals surface area contributed by atoms with Gasteiger partial charge in [0.2, 0.25) is 0 Å². The molecule has 0 aliphatic heterocycles. The fourth-order valence-electron chi connectivity index (χ4n) is 2.25. The highest BCUT2D eigenvalue weighted by molar-refractivity contribution is 6.10. The highest BCUT2D eigenvalue weighted by atomic mass is 16.1. The molecule has 2 heteroatoms. The summed E-state index contributed by atoms with van der Waals surface area (Å²) in [6, 6.07) is 13.3. The van der Waals surface area contributed by atoms with E-state index in [4.69, 9.17) is 5.73 Å². The lowest BCUT2D eigenvalue weighted by molar-refractivity contribution is 0.0952. The summed E-state index contributed by atoms with van der Waals surface area (Å²) in [5.74, 6) is 0.472. The second kappa shape index (κ2) is 5.32. The van der Waals surface area contributed by atoms with Crippen LogP contribution < -0.4 is 5.73 Å². The Kier molecular flexibility index (Phi) is 3.78. The molecule has 0 aromatic heterocycles. The van der Waals surface area contributed by atoms with Gasteiger partial charge in [0, 0.05) is 5.56 Å². The smallest absolute Gasteiger partial charge is 0.180 e. The number of nitrogens with two attached hydrogens (primary N) is 1. The molecule has 2 N–H and O–H groups in total. The molecule has 0 heterocycles. The first kappa shape index (κ1) is 12.8. The standard InChI is InChI=1S/C16H19NO/c1-11(2)10-15(17)16(18)14-9-5-7-12-6-3-4-8-13(12)14/h3-9,11,15H,10,17H2,1-2H3/t15-/m0/s1. The van der Waals surface area contributed by atoms with Crippen LogP contribution in [0.3, 0.4) is 0 Å². The van der Waals surface area contributed by atoms with Crippen LogP contribution in [0.2, 0.25) is 0 Å². The Balaban J connectivity index is 2.39. The van der Waals surface area contributed by atoms with E-state index < -0.39 is 6.04 Å². The Hall–Kier alpha value is -1.67. The second-order valence-corrected chi connectivity index (χ2v) is 5.13. The van der Waals surface area contributed by atoms with Gasteiger partial charge in [-0.2, -0.15) is 0 Å². The number of ketones is 1. The van der Waals surface area contributed by atoms with E-state index >= 15 is 0 Å². The highest BCUT2D eigenvalue weighted by Gasteiger charge is 2.18. The lowest BCUT2D eigenvalue weighted by atomic mass is 9.93. The van der Waals surface area contributed by atoms with Gasteiger partial charge < -0.3 is 5.73 Å². The van der Waals surface area contributed by atoms with Crippen molar-refractivity contribution in [1.29, 1.82) is 0 Å². The van der Waals surface area contributed by atoms with Gasteiger partial charge in [0.25, 0.3) is 0 Å². The zero-order valence-electron chi connectivity index (χ0n) is 10.9. The van der Waals surface area contributed by atoms with Gasteiger partial charge in [0.05, 0.1) is 6.04 Å². The number of carbonyl (C=O) groups excluding carboxylic acids is 1. The van der Waals surface area contributed by atoms with Crippen molar-refractivity contribution in [2.45, 2.75) is 26.3 Å². The van der Waals surface area contributed by atoms with Gasteiger partial charge in [-0.05, 0) is 23.1 Å². The number of hydrogen-bond acceptors (Lipinski definition) is 2. The van der Waals surface area contributed by atoms with Crippen molar-refractivity contribution in [3.05, 3.63) is 48.0 Å². The average molecular weight is 241 g/mol. The zero-order chi connectivity index (χ0) is 13.1. The summed E-state index contributed by atoms with van der Waals surface area (Å²) in [7, 11) is 0. The first-order valence-corrected chi connectivity index (χ1v) is 6.37. The normalized spacial score (nSPS) is 12.9. The van der Waals surface area contributed by atoms with Crippen LogP contribution in [0.4, 0.5) is 0 Å². The third-order valence-electron chi connectivity index (χ3n) is 3.12. The fraction of sp³-hybridized carbons (Fsp3) is 0.312. The molecule has 1 atom stereocenters. The minimum absolute atomic E-state index is 0.0421. The van der Waals surface area contributed by atoms with E-state index in [0.717, 1.165) is 22.8 Å². The van der Waals surface area contributed by atoms with Crippen molar-refractivity contribution < 1.29 is 4.79 Å². The summed E-state index contributed by atoms with van der Waals surface area (Å²) in [4.78, 5) is 12.4. The van der Waals surface area contributed by atoms with Gasteiger partial charge in [-0.1, -0.05) is 56.3 Å². The molecule has 0 amide bonds. The van der Waals surface area contributed by atoms with Crippen LogP contribution in [0.25, 0.3) is 10.8 Å². The monoisotopic (exact) mass is 241 g/mol. The lowest BCUT2D eigenvalue weighted by Crippen LogP contribution is -2.32. The molecule has 0 aliphatic carbocycles. The molecule has 0 fully saturated rings. The van der Waals surface area contributed by atoms with Gasteiger partial charge in [0.15, 0.2) is 5.78 Å². The lowest BCUT2D eigenvalue weighted by Gasteiger charge is -2.14. The Morgan fingerprint density at radius 1 is 1.11 bits per heavy atom. The van der Waals surface area contributed by atoms with Crippen molar-refractivity contribution in [3.63, 3.8) is 0 Å². The predicted molar refractivity (Wildman–Crippen MR) is 75.7 cm³/mol. The second-order valence-electron chi connectivity index (χ2n) is 5.13. The number of carbonyl (C=O) groups is 1. The third-order valence-corrected chi connectivity index (χ3v) is 3.12. The maximum Gasteiger partial charge on any atom is 0.180 e. The minimum Gasteiger partial charge on any atom is -0.321 e. The van der Waals surface area contributed by atoms with Crippen LogP contribution in [0, 0.1) is 5.92 Å². The third kappa shape index (κ3) is 2.59. The summed E-state index contributed by atoms with van der Waals surface area (Å²) < 4.78 is 0. The van der Waals surface area contributed by atoms with Crippen molar-refractivity contribution in [1.82, 2.24) is 0 Å². The summed E-state index contributed by atoms with van der Waals surface area (Å²) in [6.45, 7) is 4.16. The van der Waals surface area contributed by atoms with Gasteiger partial charge in [-0.15, -0.1) is 0 Å². The molecule has 0 bridgehead atoms. The Morgan fingerprint density at radius 2 is 1.78 bits per heavy atom. The molecule has 2 rings (SSSR count). The van der Waals surface area contributed by atoms with Gasteiger partial charge >= 0.3 is 0 Å². The van der Waals surface area contributed by atoms with E-state index in [9.17, 15) is 4.79 Å². The maximum atomic E-state index is 12.4. The van der Waals surface area contributed by atoms with Gasteiger partial charge in [-0.25, -0.2) is 0 Å². The largest absolute Gasteiger partial charge is 0.321 e. The first-order chi connectivity index (χ1) is 8.59. The molecule has 18 heavy (non-hydrogen) atoms. The summed E-state index contributed by atoms with van der Waals surface area (Å²) in [6.07, 6.45) is 0.724. The molecule has 0 saturated carbocycles. The van der Waals surface area contributed by atoms with E-state index in [1.54, 1.807) is 0 Å². The van der Waals surface area contributed by atoms with E-state index in [0.29, 0.717) is 5.92 Å². The predicted octanol–water partition coefficient (Wildman–Crippen LogP) is 3.40. The van der Waals surface area contributed by atoms with Crippen molar-refractivity contribution in [3.8, 4) is 0 Å². The van der Waals surface area contributed by atoms with Crippen LogP contribution in [0.1, 0.15) is 30.6 Å². The number of rotatable bonds is 4. The van der Waals surface area contributed by atoms with Crippen molar-refractivity contribution >= 4 is 16.6 Å². The van der Waals surface area contributed by atoms with Crippen LogP contribution in [-0.4, -0.2) is 11.8 Å². The number of hydrogen-bond donors (Lipinski definition) is 1. The van der Waals surface area contributed by atoms with Crippen molar-refractivity contribution in [2.24, 2.45) is 11.7 Å². The van der Waals surface area contributed by atoms with Crippen LogP contribution in [0.15, 0.2) is 42.5 Å². The molecule has 0 radical (unpaired) electrons. The van der Waals surface area contributed by atoms with E-state index in [1.165, 1.54) is 0 Å². The molecule has 2 aromatic carbocycles. The summed E-state index contributed by atoms with van der Waals surface area (Å²) >= 11 is 0.